The molecule has 0 aromatic heterocycles. The summed E-state index contributed by atoms with van der Waals surface area (Å²) in [6.45, 7) is 0. The number of rotatable bonds is 7. The van der Waals surface area contributed by atoms with Gasteiger partial charge in [0.05, 0.1) is 5.41 Å². The van der Waals surface area contributed by atoms with Gasteiger partial charge in [-0.05, 0) is 155 Å². The van der Waals surface area contributed by atoms with Crippen LogP contribution >= 0.6 is 0 Å². The molecule has 0 aliphatic heterocycles. The van der Waals surface area contributed by atoms with Crippen LogP contribution in [0.2, 0.25) is 0 Å². The lowest BCUT2D eigenvalue weighted by Gasteiger charge is -2.37. The molecule has 310 valence electrons. The maximum Gasteiger partial charge on any atom is 0.0676 e. The molecule has 0 saturated carbocycles. The summed E-state index contributed by atoms with van der Waals surface area (Å²) in [4.78, 5) is 2.46. The maximum absolute atomic E-state index is 2.46. The Hall–Kier alpha value is -8.26. The zero-order valence-corrected chi connectivity index (χ0v) is 36.5. The first-order valence-electron chi connectivity index (χ1n) is 23.2. The van der Waals surface area contributed by atoms with Crippen molar-refractivity contribution >= 4 is 60.2 Å². The van der Waals surface area contributed by atoms with Crippen LogP contribution < -0.4 is 4.90 Å². The summed E-state index contributed by atoms with van der Waals surface area (Å²) in [6.07, 6.45) is 8.99. The van der Waals surface area contributed by atoms with Crippen molar-refractivity contribution in [2.45, 2.75) is 18.3 Å². The van der Waals surface area contributed by atoms with E-state index in [2.05, 4.69) is 254 Å². The zero-order chi connectivity index (χ0) is 43.6. The Morgan fingerprint density at radius 1 is 0.348 bits per heavy atom. The average Bonchev–Trinajstić information content (AvgIpc) is 3.69. The van der Waals surface area contributed by atoms with Crippen molar-refractivity contribution in [1.82, 2.24) is 0 Å². The van der Waals surface area contributed by atoms with E-state index in [0.29, 0.717) is 0 Å². The maximum atomic E-state index is 2.46. The third kappa shape index (κ3) is 6.01. The van der Waals surface area contributed by atoms with Gasteiger partial charge in [0, 0.05) is 17.1 Å². The molecule has 0 heterocycles. The summed E-state index contributed by atoms with van der Waals surface area (Å²) in [5.41, 5.74) is 15.8. The lowest BCUT2D eigenvalue weighted by molar-refractivity contribution is 0.693. The number of hydrogen-bond donors (Lipinski definition) is 0. The normalized spacial score (nSPS) is 15.2. The van der Waals surface area contributed by atoms with Crippen molar-refractivity contribution in [3.8, 4) is 33.4 Å². The second-order valence-corrected chi connectivity index (χ2v) is 17.9. The standard InChI is InChI=1S/C65H45N/c1-3-19-50(20-4-1)65(51-21-5-2-6-22-51)63-29-14-13-28-60(63)62-43-54(37-39-64(62)65)66(52-35-32-44(33-36-52)46-34-38-57-49(40-46)31-30-45-16-7-9-24-55(45)57)53-23-15-18-47(41-53)61-42-48-17-8-10-25-56(48)58-26-11-12-27-59(58)61/h1-5,7-21,23-43H,6,22H2. The fourth-order valence-corrected chi connectivity index (χ4v) is 11.4. The van der Waals surface area contributed by atoms with Crippen molar-refractivity contribution < 1.29 is 0 Å². The van der Waals surface area contributed by atoms with Crippen molar-refractivity contribution in [2.24, 2.45) is 0 Å². The van der Waals surface area contributed by atoms with Crippen molar-refractivity contribution in [3.63, 3.8) is 0 Å². The molecule has 2 aliphatic rings. The molecule has 0 saturated heterocycles. The van der Waals surface area contributed by atoms with Gasteiger partial charge in [-0.25, -0.2) is 0 Å². The van der Waals surface area contributed by atoms with E-state index in [1.807, 2.05) is 0 Å². The third-order valence-corrected chi connectivity index (χ3v) is 14.4. The number of fused-ring (bicyclic) bond motifs is 9. The van der Waals surface area contributed by atoms with Crippen LogP contribution in [0, 0.1) is 0 Å². The smallest absolute Gasteiger partial charge is 0.0676 e. The first-order valence-corrected chi connectivity index (χ1v) is 23.2. The molecular weight excluding hydrogens is 795 g/mol. The van der Waals surface area contributed by atoms with E-state index >= 15 is 0 Å². The summed E-state index contributed by atoms with van der Waals surface area (Å²) in [6, 6.07) is 85.9. The van der Waals surface area contributed by atoms with E-state index in [4.69, 9.17) is 0 Å². The second kappa shape index (κ2) is 15.5. The van der Waals surface area contributed by atoms with Gasteiger partial charge in [0.2, 0.25) is 0 Å². The van der Waals surface area contributed by atoms with Crippen LogP contribution in [0.15, 0.2) is 254 Å². The molecule has 1 nitrogen and oxygen atoms in total. The summed E-state index contributed by atoms with van der Waals surface area (Å²) in [5, 5.41) is 10.1. The molecule has 1 heteroatoms. The largest absolute Gasteiger partial charge is 0.310 e. The second-order valence-electron chi connectivity index (χ2n) is 17.9. The molecule has 2 aliphatic carbocycles. The van der Waals surface area contributed by atoms with Gasteiger partial charge in [0.25, 0.3) is 0 Å². The Balaban J connectivity index is 0.992. The average molecular weight is 840 g/mol. The van der Waals surface area contributed by atoms with Crippen molar-refractivity contribution in [3.05, 3.63) is 271 Å². The molecule has 1 unspecified atom stereocenters. The summed E-state index contributed by atoms with van der Waals surface area (Å²) in [7, 11) is 0. The molecule has 13 rings (SSSR count). The molecule has 0 fully saturated rings. The molecule has 1 atom stereocenters. The van der Waals surface area contributed by atoms with Crippen LogP contribution in [0.4, 0.5) is 17.1 Å². The Morgan fingerprint density at radius 2 is 0.985 bits per heavy atom. The van der Waals surface area contributed by atoms with E-state index in [9.17, 15) is 0 Å². The van der Waals surface area contributed by atoms with Crippen LogP contribution in [-0.2, 0) is 5.41 Å². The SMILES string of the molecule is C1=CCCC(C2(c3ccccc3)c3ccccc3-c3cc(N(c4ccc(-c5ccc6c(ccc7ccccc76)c5)cc4)c4cccc(-c5cc6ccccc6c6ccccc56)c4)ccc32)=C1. The monoisotopic (exact) mass is 839 g/mol. The summed E-state index contributed by atoms with van der Waals surface area (Å²) in [5.74, 6) is 0. The topological polar surface area (TPSA) is 3.24 Å². The molecule has 11 aromatic carbocycles. The molecule has 66 heavy (non-hydrogen) atoms. The first-order chi connectivity index (χ1) is 32.7. The van der Waals surface area contributed by atoms with Gasteiger partial charge in [-0.15, -0.1) is 0 Å². The van der Waals surface area contributed by atoms with Crippen LogP contribution in [-0.4, -0.2) is 0 Å². The Bertz CT molecular complexity index is 3760. The lowest BCUT2D eigenvalue weighted by atomic mass is 9.65. The minimum absolute atomic E-state index is 0.383. The Labute approximate surface area is 385 Å². The Morgan fingerprint density at radius 3 is 1.82 bits per heavy atom. The first kappa shape index (κ1) is 38.2. The predicted molar refractivity (Wildman–Crippen MR) is 280 cm³/mol. The summed E-state index contributed by atoms with van der Waals surface area (Å²) >= 11 is 0. The molecule has 0 N–H and O–H groups in total. The summed E-state index contributed by atoms with van der Waals surface area (Å²) < 4.78 is 0. The van der Waals surface area contributed by atoms with Crippen molar-refractivity contribution in [2.75, 3.05) is 4.90 Å². The van der Waals surface area contributed by atoms with Crippen LogP contribution in [0.5, 0.6) is 0 Å². The lowest BCUT2D eigenvalue weighted by Crippen LogP contribution is -2.30. The molecule has 0 amide bonds. The van der Waals surface area contributed by atoms with Gasteiger partial charge >= 0.3 is 0 Å². The molecule has 0 spiro atoms. The van der Waals surface area contributed by atoms with Crippen LogP contribution in [0.25, 0.3) is 76.5 Å². The fraction of sp³-hybridized carbons (Fsp3) is 0.0462. The van der Waals surface area contributed by atoms with Gasteiger partial charge in [-0.2, -0.15) is 0 Å². The predicted octanol–water partition coefficient (Wildman–Crippen LogP) is 17.7. The number of hydrogen-bond acceptors (Lipinski definition) is 1. The van der Waals surface area contributed by atoms with Gasteiger partial charge in [-0.3, -0.25) is 0 Å². The highest BCUT2D eigenvalue weighted by molar-refractivity contribution is 6.14. The number of nitrogens with zero attached hydrogens (tertiary/aromatic N) is 1. The minimum Gasteiger partial charge on any atom is -0.310 e. The highest BCUT2D eigenvalue weighted by atomic mass is 15.1. The Kier molecular flexibility index (Phi) is 8.96. The minimum atomic E-state index is -0.383. The van der Waals surface area contributed by atoms with Gasteiger partial charge in [0.15, 0.2) is 0 Å². The van der Waals surface area contributed by atoms with Crippen LogP contribution in [0.1, 0.15) is 29.5 Å². The molecular formula is C65H45N. The molecule has 0 bridgehead atoms. The number of benzene rings is 11. The highest BCUT2D eigenvalue weighted by Crippen LogP contribution is 2.58. The number of anilines is 3. The third-order valence-electron chi connectivity index (χ3n) is 14.4. The number of allylic oxidation sites excluding steroid dienone is 4. The van der Waals surface area contributed by atoms with Gasteiger partial charge in [-0.1, -0.05) is 206 Å². The highest BCUT2D eigenvalue weighted by Gasteiger charge is 2.47. The van der Waals surface area contributed by atoms with E-state index in [0.717, 1.165) is 29.9 Å². The van der Waals surface area contributed by atoms with E-state index in [1.54, 1.807) is 0 Å². The molecule has 0 radical (unpaired) electrons. The molecule has 11 aromatic rings. The van der Waals surface area contributed by atoms with Gasteiger partial charge < -0.3 is 4.90 Å². The van der Waals surface area contributed by atoms with E-state index in [-0.39, 0.29) is 5.41 Å². The zero-order valence-electron chi connectivity index (χ0n) is 36.5. The fourth-order valence-electron chi connectivity index (χ4n) is 11.4. The van der Waals surface area contributed by atoms with E-state index in [1.165, 1.54) is 98.7 Å². The van der Waals surface area contributed by atoms with E-state index < -0.39 is 0 Å². The van der Waals surface area contributed by atoms with Crippen LogP contribution in [0.3, 0.4) is 0 Å². The quantitative estimate of drug-likeness (QED) is 0.145. The van der Waals surface area contributed by atoms with Gasteiger partial charge in [0.1, 0.15) is 0 Å². The van der Waals surface area contributed by atoms with Crippen molar-refractivity contribution in [1.29, 1.82) is 0 Å².